The van der Waals surface area contributed by atoms with Crippen molar-refractivity contribution >= 4 is 11.8 Å². The maximum Gasteiger partial charge on any atom is 0.223 e. The summed E-state index contributed by atoms with van der Waals surface area (Å²) in [5.74, 6) is 0.0103. The van der Waals surface area contributed by atoms with E-state index in [1.807, 2.05) is 49.1 Å². The number of rotatable bonds is 11. The summed E-state index contributed by atoms with van der Waals surface area (Å²) in [6, 6.07) is 18.6. The van der Waals surface area contributed by atoms with Gasteiger partial charge in [0.15, 0.2) is 0 Å². The summed E-state index contributed by atoms with van der Waals surface area (Å²) in [5.41, 5.74) is 3.74. The number of hydrogen-bond acceptors (Lipinski definition) is 3. The highest BCUT2D eigenvalue weighted by Gasteiger charge is 2.30. The maximum absolute atomic E-state index is 13.4. The molecule has 0 heterocycles. The van der Waals surface area contributed by atoms with Gasteiger partial charge in [-0.2, -0.15) is 0 Å². The van der Waals surface area contributed by atoms with E-state index in [2.05, 4.69) is 34.9 Å². The minimum atomic E-state index is -0.120. The van der Waals surface area contributed by atoms with Gasteiger partial charge in [-0.1, -0.05) is 61.5 Å². The second-order valence-corrected chi connectivity index (χ2v) is 8.23. The fraction of sp³-hybridized carbons (Fsp3) is 0.462. The highest BCUT2D eigenvalue weighted by Crippen LogP contribution is 2.29. The van der Waals surface area contributed by atoms with Crippen molar-refractivity contribution in [1.29, 1.82) is 0 Å². The van der Waals surface area contributed by atoms with Crippen molar-refractivity contribution in [1.82, 2.24) is 15.5 Å². The lowest BCUT2D eigenvalue weighted by Gasteiger charge is -2.29. The van der Waals surface area contributed by atoms with Crippen LogP contribution in [0.1, 0.15) is 49.3 Å². The fourth-order valence-corrected chi connectivity index (χ4v) is 4.52. The zero-order valence-corrected chi connectivity index (χ0v) is 18.8. The summed E-state index contributed by atoms with van der Waals surface area (Å²) >= 11 is 0. The Hall–Kier alpha value is -2.66. The Labute approximate surface area is 186 Å². The first-order chi connectivity index (χ1) is 15.1. The van der Waals surface area contributed by atoms with Crippen LogP contribution in [0.2, 0.25) is 0 Å². The molecule has 0 saturated heterocycles. The van der Waals surface area contributed by atoms with Gasteiger partial charge in [-0.15, -0.1) is 0 Å². The molecular weight excluding hydrogens is 386 g/mol. The molecule has 2 aromatic rings. The largest absolute Gasteiger partial charge is 0.355 e. The van der Waals surface area contributed by atoms with Gasteiger partial charge in [-0.05, 0) is 43.0 Å². The Kier molecular flexibility index (Phi) is 8.65. The Bertz CT molecular complexity index is 828. The summed E-state index contributed by atoms with van der Waals surface area (Å²) < 4.78 is 0. The molecule has 0 saturated carbocycles. The molecule has 1 aliphatic carbocycles. The number of likely N-dealkylation sites (N-methyl/N-ethyl adjacent to an activating group) is 2. The zero-order chi connectivity index (χ0) is 22.1. The van der Waals surface area contributed by atoms with Gasteiger partial charge in [0.1, 0.15) is 0 Å². The van der Waals surface area contributed by atoms with Gasteiger partial charge in [0, 0.05) is 44.4 Å². The van der Waals surface area contributed by atoms with Crippen molar-refractivity contribution in [3.05, 3.63) is 71.3 Å². The van der Waals surface area contributed by atoms with Crippen LogP contribution in [0.25, 0.3) is 0 Å². The number of amides is 2. The third-order valence-corrected chi connectivity index (χ3v) is 6.13. The molecule has 0 spiro atoms. The Morgan fingerprint density at radius 1 is 0.935 bits per heavy atom. The van der Waals surface area contributed by atoms with Crippen molar-refractivity contribution < 1.29 is 9.59 Å². The van der Waals surface area contributed by atoms with Gasteiger partial charge in [0.05, 0.1) is 0 Å². The normalized spacial score (nSPS) is 14.1. The molecule has 2 N–H and O–H groups in total. The lowest BCUT2D eigenvalue weighted by Crippen LogP contribution is -2.41. The van der Waals surface area contributed by atoms with Crippen LogP contribution in [0.5, 0.6) is 0 Å². The molecule has 1 aliphatic rings. The summed E-state index contributed by atoms with van der Waals surface area (Å²) in [6.45, 7) is 7.02. The van der Waals surface area contributed by atoms with Gasteiger partial charge < -0.3 is 15.5 Å². The van der Waals surface area contributed by atoms with E-state index in [9.17, 15) is 9.59 Å². The van der Waals surface area contributed by atoms with E-state index >= 15 is 0 Å². The van der Waals surface area contributed by atoms with Gasteiger partial charge in [-0.25, -0.2) is 0 Å². The third kappa shape index (κ3) is 6.41. The van der Waals surface area contributed by atoms with E-state index in [0.29, 0.717) is 25.9 Å². The molecule has 0 bridgehead atoms. The molecule has 0 fully saturated rings. The zero-order valence-electron chi connectivity index (χ0n) is 18.8. The smallest absolute Gasteiger partial charge is 0.223 e. The quantitative estimate of drug-likeness (QED) is 0.548. The predicted octanol–water partition coefficient (Wildman–Crippen LogP) is 3.29. The van der Waals surface area contributed by atoms with Gasteiger partial charge >= 0.3 is 0 Å². The number of nitrogens with zero attached hydrogens (tertiary/aromatic N) is 1. The standard InChI is InChI=1S/C26H35N3O2/c1-3-27-14-15-28-25(30)18-23(20-10-6-5-7-11-20)19-26(31)29(4-2)24-16-21-12-8-9-13-22(21)17-24/h5-13,23-24,27H,3-4,14-19H2,1-2H3,(H,28,30). The number of fused-ring (bicyclic) bond motifs is 1. The summed E-state index contributed by atoms with van der Waals surface area (Å²) in [6.07, 6.45) is 2.50. The first kappa shape index (κ1) is 23.0. The molecule has 1 atom stereocenters. The summed E-state index contributed by atoms with van der Waals surface area (Å²) in [5, 5.41) is 6.18. The molecule has 31 heavy (non-hydrogen) atoms. The van der Waals surface area contributed by atoms with Crippen molar-refractivity contribution in [2.24, 2.45) is 0 Å². The van der Waals surface area contributed by atoms with Crippen LogP contribution in [0, 0.1) is 0 Å². The average molecular weight is 422 g/mol. The van der Waals surface area contributed by atoms with Crippen molar-refractivity contribution in [2.75, 3.05) is 26.2 Å². The van der Waals surface area contributed by atoms with Crippen LogP contribution in [-0.4, -0.2) is 48.9 Å². The Balaban J connectivity index is 1.65. The van der Waals surface area contributed by atoms with E-state index in [1.54, 1.807) is 0 Å². The SMILES string of the molecule is CCNCCNC(=O)CC(CC(=O)N(CC)C1Cc2ccccc2C1)c1ccccc1. The average Bonchev–Trinajstić information content (AvgIpc) is 3.21. The molecular formula is C26H35N3O2. The predicted molar refractivity (Wildman–Crippen MR) is 125 cm³/mol. The third-order valence-electron chi connectivity index (χ3n) is 6.13. The number of hydrogen-bond donors (Lipinski definition) is 2. The molecule has 3 rings (SSSR count). The van der Waals surface area contributed by atoms with Crippen LogP contribution in [-0.2, 0) is 22.4 Å². The lowest BCUT2D eigenvalue weighted by atomic mass is 9.91. The van der Waals surface area contributed by atoms with E-state index in [1.165, 1.54) is 11.1 Å². The number of carbonyl (C=O) groups excluding carboxylic acids is 2. The van der Waals surface area contributed by atoms with Crippen molar-refractivity contribution in [3.63, 3.8) is 0 Å². The molecule has 1 unspecified atom stereocenters. The first-order valence-electron chi connectivity index (χ1n) is 11.5. The minimum Gasteiger partial charge on any atom is -0.355 e. The molecule has 0 aromatic heterocycles. The van der Waals surface area contributed by atoms with Crippen molar-refractivity contribution in [2.45, 2.75) is 51.5 Å². The Morgan fingerprint density at radius 2 is 1.58 bits per heavy atom. The monoisotopic (exact) mass is 421 g/mol. The molecule has 0 aliphatic heterocycles. The molecule has 166 valence electrons. The van der Waals surface area contributed by atoms with E-state index < -0.39 is 0 Å². The van der Waals surface area contributed by atoms with Gasteiger partial charge in [0.25, 0.3) is 0 Å². The summed E-state index contributed by atoms with van der Waals surface area (Å²) in [4.78, 5) is 27.9. The lowest BCUT2D eigenvalue weighted by molar-refractivity contribution is -0.133. The van der Waals surface area contributed by atoms with Crippen LogP contribution in [0.3, 0.4) is 0 Å². The van der Waals surface area contributed by atoms with Crippen LogP contribution >= 0.6 is 0 Å². The van der Waals surface area contributed by atoms with E-state index in [4.69, 9.17) is 0 Å². The minimum absolute atomic E-state index is 0.00382. The first-order valence-corrected chi connectivity index (χ1v) is 11.5. The van der Waals surface area contributed by atoms with Gasteiger partial charge in [-0.3, -0.25) is 9.59 Å². The van der Waals surface area contributed by atoms with Crippen LogP contribution in [0.15, 0.2) is 54.6 Å². The highest BCUT2D eigenvalue weighted by molar-refractivity contribution is 5.81. The molecule has 2 amide bonds. The maximum atomic E-state index is 13.4. The van der Waals surface area contributed by atoms with E-state index in [0.717, 1.165) is 31.5 Å². The van der Waals surface area contributed by atoms with Crippen LogP contribution in [0.4, 0.5) is 0 Å². The molecule has 2 aromatic carbocycles. The molecule has 5 heteroatoms. The second-order valence-electron chi connectivity index (χ2n) is 8.23. The highest BCUT2D eigenvalue weighted by atomic mass is 16.2. The molecule has 0 radical (unpaired) electrons. The number of benzene rings is 2. The van der Waals surface area contributed by atoms with E-state index in [-0.39, 0.29) is 23.8 Å². The summed E-state index contributed by atoms with van der Waals surface area (Å²) in [7, 11) is 0. The Morgan fingerprint density at radius 3 is 2.19 bits per heavy atom. The molecule has 5 nitrogen and oxygen atoms in total. The fourth-order valence-electron chi connectivity index (χ4n) is 4.52. The van der Waals surface area contributed by atoms with Crippen molar-refractivity contribution in [3.8, 4) is 0 Å². The number of carbonyl (C=O) groups is 2. The van der Waals surface area contributed by atoms with Crippen LogP contribution < -0.4 is 10.6 Å². The van der Waals surface area contributed by atoms with Gasteiger partial charge in [0.2, 0.25) is 11.8 Å². The topological polar surface area (TPSA) is 61.4 Å². The number of nitrogens with one attached hydrogen (secondary N) is 2. The second kappa shape index (κ2) is 11.7.